The molecule has 0 amide bonds. The second kappa shape index (κ2) is 6.15. The number of anilines is 1. The summed E-state index contributed by atoms with van der Waals surface area (Å²) in [5, 5.41) is 39.5. The van der Waals surface area contributed by atoms with E-state index in [0.717, 1.165) is 6.42 Å². The van der Waals surface area contributed by atoms with Gasteiger partial charge in [-0.05, 0) is 25.2 Å². The Morgan fingerprint density at radius 1 is 1.31 bits per heavy atom. The summed E-state index contributed by atoms with van der Waals surface area (Å²) in [6, 6.07) is 0. The number of aromatic nitrogens is 4. The number of hydrogen-bond donors (Lipinski definition) is 5. The smallest absolute Gasteiger partial charge is 0.209 e. The lowest BCUT2D eigenvalue weighted by molar-refractivity contribution is -0.0511. The predicted molar refractivity (Wildman–Crippen MR) is 88.4 cm³/mol. The van der Waals surface area contributed by atoms with Gasteiger partial charge < -0.3 is 30.9 Å². The Hall–Kier alpha value is -2.29. The van der Waals surface area contributed by atoms with E-state index in [2.05, 4.69) is 26.8 Å². The highest BCUT2D eigenvalue weighted by atomic mass is 16.6. The molecule has 10 nitrogen and oxygen atoms in total. The maximum Gasteiger partial charge on any atom is 0.209 e. The lowest BCUT2D eigenvalue weighted by Gasteiger charge is -2.30. The van der Waals surface area contributed by atoms with Crippen LogP contribution in [0.4, 0.5) is 5.82 Å². The van der Waals surface area contributed by atoms with Gasteiger partial charge in [-0.25, -0.2) is 15.0 Å². The first-order valence-corrected chi connectivity index (χ1v) is 8.30. The average Bonchev–Trinajstić information content (AvgIpc) is 3.13. The Balaban J connectivity index is 1.73. The summed E-state index contributed by atoms with van der Waals surface area (Å²) in [5.41, 5.74) is 5.49. The van der Waals surface area contributed by atoms with E-state index < -0.39 is 36.7 Å². The number of hydrogen-bond acceptors (Lipinski definition) is 9. The Kier molecular flexibility index (Phi) is 4.06. The molecule has 0 bridgehead atoms. The highest BCUT2D eigenvalue weighted by molar-refractivity contribution is 5.82. The molecule has 0 radical (unpaired) electrons. The van der Waals surface area contributed by atoms with Crippen molar-refractivity contribution < 1.29 is 25.2 Å². The SMILES string of the molecule is Nc1nc(C#CC2(O)CCC2)nc2c1ncn2[C@@H]1O[C@H](CO)C(O)C1O. The van der Waals surface area contributed by atoms with Crippen LogP contribution in [0.5, 0.6) is 0 Å². The summed E-state index contributed by atoms with van der Waals surface area (Å²) in [4.78, 5) is 12.5. The van der Waals surface area contributed by atoms with E-state index in [1.54, 1.807) is 0 Å². The van der Waals surface area contributed by atoms with Crippen LogP contribution in [0.2, 0.25) is 0 Å². The molecule has 0 aromatic carbocycles. The Labute approximate surface area is 148 Å². The number of imidazole rings is 1. The molecule has 4 atom stereocenters. The number of aliphatic hydroxyl groups is 4. The number of nitrogens with zero attached hydrogens (tertiary/aromatic N) is 4. The molecule has 6 N–H and O–H groups in total. The van der Waals surface area contributed by atoms with Crippen LogP contribution in [0.3, 0.4) is 0 Å². The number of fused-ring (bicyclic) bond motifs is 1. The van der Waals surface area contributed by atoms with Gasteiger partial charge in [0.2, 0.25) is 5.82 Å². The van der Waals surface area contributed by atoms with Crippen molar-refractivity contribution in [1.82, 2.24) is 19.5 Å². The minimum atomic E-state index is -1.27. The molecule has 138 valence electrons. The van der Waals surface area contributed by atoms with Gasteiger partial charge in [0.25, 0.3) is 0 Å². The highest BCUT2D eigenvalue weighted by Crippen LogP contribution is 2.32. The molecule has 1 aliphatic heterocycles. The zero-order valence-electron chi connectivity index (χ0n) is 13.8. The Morgan fingerprint density at radius 2 is 2.08 bits per heavy atom. The van der Waals surface area contributed by atoms with E-state index in [0.29, 0.717) is 18.4 Å². The standard InChI is InChI=1S/C16H19N5O5/c17-13-10-14(20-9(19-13)2-5-16(25)3-1-4-16)21(7-18-10)15-12(24)11(23)8(6-22)26-15/h7-8,11-12,15,22-25H,1,3-4,6H2,(H2,17,19,20)/t8-,11?,12?,15-/m1/s1. The summed E-state index contributed by atoms with van der Waals surface area (Å²) in [6.45, 7) is -0.437. The zero-order valence-corrected chi connectivity index (χ0v) is 13.8. The maximum absolute atomic E-state index is 10.2. The van der Waals surface area contributed by atoms with Gasteiger partial charge in [0.1, 0.15) is 29.4 Å². The van der Waals surface area contributed by atoms with Crippen molar-refractivity contribution >= 4 is 17.0 Å². The average molecular weight is 361 g/mol. The quantitative estimate of drug-likeness (QED) is 0.392. The molecule has 2 unspecified atom stereocenters. The lowest BCUT2D eigenvalue weighted by Crippen LogP contribution is -2.34. The largest absolute Gasteiger partial charge is 0.394 e. The van der Waals surface area contributed by atoms with E-state index in [9.17, 15) is 20.4 Å². The molecule has 2 aromatic rings. The van der Waals surface area contributed by atoms with Crippen LogP contribution in [-0.2, 0) is 4.74 Å². The van der Waals surface area contributed by atoms with E-state index in [4.69, 9.17) is 10.5 Å². The first-order valence-electron chi connectivity index (χ1n) is 8.30. The van der Waals surface area contributed by atoms with Crippen molar-refractivity contribution in [3.05, 3.63) is 12.2 Å². The number of nitrogens with two attached hydrogens (primary N) is 1. The summed E-state index contributed by atoms with van der Waals surface area (Å²) in [7, 11) is 0. The van der Waals surface area contributed by atoms with Crippen molar-refractivity contribution in [2.75, 3.05) is 12.3 Å². The molecule has 3 heterocycles. The monoisotopic (exact) mass is 361 g/mol. The van der Waals surface area contributed by atoms with Crippen LogP contribution in [-0.4, -0.2) is 70.5 Å². The molecular weight excluding hydrogens is 342 g/mol. The van der Waals surface area contributed by atoms with Gasteiger partial charge in [-0.2, -0.15) is 0 Å². The third kappa shape index (κ3) is 2.70. The van der Waals surface area contributed by atoms with Crippen molar-refractivity contribution in [3.8, 4) is 11.8 Å². The van der Waals surface area contributed by atoms with Gasteiger partial charge in [0.05, 0.1) is 12.9 Å². The minimum absolute atomic E-state index is 0.102. The zero-order chi connectivity index (χ0) is 18.5. The summed E-state index contributed by atoms with van der Waals surface area (Å²) < 4.78 is 6.92. The summed E-state index contributed by atoms with van der Waals surface area (Å²) >= 11 is 0. The maximum atomic E-state index is 10.2. The fraction of sp³-hybridized carbons (Fsp3) is 0.562. The van der Waals surface area contributed by atoms with Crippen molar-refractivity contribution in [2.45, 2.75) is 49.4 Å². The third-order valence-electron chi connectivity index (χ3n) is 4.83. The van der Waals surface area contributed by atoms with Crippen LogP contribution < -0.4 is 5.73 Å². The normalized spacial score (nSPS) is 30.0. The van der Waals surface area contributed by atoms with Crippen molar-refractivity contribution in [2.24, 2.45) is 0 Å². The van der Waals surface area contributed by atoms with E-state index in [-0.39, 0.29) is 17.3 Å². The van der Waals surface area contributed by atoms with Gasteiger partial charge >= 0.3 is 0 Å². The Bertz CT molecular complexity index is 900. The number of ether oxygens (including phenoxy) is 1. The summed E-state index contributed by atoms with van der Waals surface area (Å²) in [6.07, 6.45) is -0.912. The molecule has 2 fully saturated rings. The number of rotatable bonds is 2. The van der Waals surface area contributed by atoms with Crippen LogP contribution >= 0.6 is 0 Å². The van der Waals surface area contributed by atoms with E-state index in [1.165, 1.54) is 10.9 Å². The molecule has 10 heteroatoms. The molecule has 1 aliphatic carbocycles. The lowest BCUT2D eigenvalue weighted by atomic mass is 9.81. The minimum Gasteiger partial charge on any atom is -0.394 e. The highest BCUT2D eigenvalue weighted by Gasteiger charge is 2.44. The van der Waals surface area contributed by atoms with Crippen LogP contribution in [0.15, 0.2) is 6.33 Å². The fourth-order valence-electron chi connectivity index (χ4n) is 3.10. The molecule has 26 heavy (non-hydrogen) atoms. The fourth-order valence-corrected chi connectivity index (χ4v) is 3.10. The van der Waals surface area contributed by atoms with E-state index >= 15 is 0 Å². The first-order chi connectivity index (χ1) is 12.4. The van der Waals surface area contributed by atoms with Gasteiger partial charge in [0, 0.05) is 0 Å². The Morgan fingerprint density at radius 3 is 2.69 bits per heavy atom. The van der Waals surface area contributed by atoms with Crippen molar-refractivity contribution in [3.63, 3.8) is 0 Å². The van der Waals surface area contributed by atoms with Gasteiger partial charge in [0.15, 0.2) is 17.7 Å². The number of nitrogen functional groups attached to an aromatic ring is 1. The second-order valence-electron chi connectivity index (χ2n) is 6.62. The molecule has 0 spiro atoms. The van der Waals surface area contributed by atoms with Crippen molar-refractivity contribution in [1.29, 1.82) is 0 Å². The van der Waals surface area contributed by atoms with Crippen LogP contribution in [0.1, 0.15) is 31.3 Å². The molecular formula is C16H19N5O5. The molecule has 4 rings (SSSR count). The molecule has 2 aromatic heterocycles. The molecule has 1 saturated heterocycles. The van der Waals surface area contributed by atoms with Crippen LogP contribution in [0.25, 0.3) is 11.2 Å². The van der Waals surface area contributed by atoms with Gasteiger partial charge in [-0.15, -0.1) is 0 Å². The predicted octanol–water partition coefficient (Wildman–Crippen LogP) is -1.71. The molecule has 1 saturated carbocycles. The van der Waals surface area contributed by atoms with E-state index in [1.807, 2.05) is 0 Å². The van der Waals surface area contributed by atoms with Gasteiger partial charge in [-0.1, -0.05) is 5.92 Å². The second-order valence-corrected chi connectivity index (χ2v) is 6.62. The summed E-state index contributed by atoms with van der Waals surface area (Å²) in [5.74, 6) is 5.71. The third-order valence-corrected chi connectivity index (χ3v) is 4.83. The van der Waals surface area contributed by atoms with Gasteiger partial charge in [-0.3, -0.25) is 4.57 Å². The molecule has 2 aliphatic rings. The first kappa shape index (κ1) is 17.1. The number of aliphatic hydroxyl groups excluding tert-OH is 3. The van der Waals surface area contributed by atoms with Crippen LogP contribution in [0, 0.1) is 11.8 Å². The topological polar surface area (TPSA) is 160 Å².